The summed E-state index contributed by atoms with van der Waals surface area (Å²) in [6.07, 6.45) is 0. The van der Waals surface area contributed by atoms with E-state index >= 15 is 0 Å². The first-order valence-electron chi connectivity index (χ1n) is 7.21. The highest BCUT2D eigenvalue weighted by Crippen LogP contribution is 2.26. The zero-order chi connectivity index (χ0) is 14.7. The van der Waals surface area contributed by atoms with Gasteiger partial charge in [0.25, 0.3) is 0 Å². The molecule has 0 bridgehead atoms. The molecule has 2 aromatic rings. The van der Waals surface area contributed by atoms with Gasteiger partial charge in [0, 0.05) is 26.2 Å². The summed E-state index contributed by atoms with van der Waals surface area (Å²) in [5, 5.41) is 0. The summed E-state index contributed by atoms with van der Waals surface area (Å²) >= 11 is 6.06. The minimum atomic E-state index is 0.404. The van der Waals surface area contributed by atoms with E-state index in [4.69, 9.17) is 21.1 Å². The minimum absolute atomic E-state index is 0.404. The summed E-state index contributed by atoms with van der Waals surface area (Å²) in [5.74, 6) is 2.09. The van der Waals surface area contributed by atoms with E-state index in [1.807, 2.05) is 12.1 Å². The zero-order valence-corrected chi connectivity index (χ0v) is 13.0. The molecule has 0 amide bonds. The summed E-state index contributed by atoms with van der Waals surface area (Å²) in [6.45, 7) is 5.49. The highest BCUT2D eigenvalue weighted by Gasteiger charge is 2.15. The normalized spacial score (nSPS) is 16.5. The van der Waals surface area contributed by atoms with Crippen LogP contribution >= 0.6 is 11.6 Å². The third-order valence-electron chi connectivity index (χ3n) is 3.90. The predicted molar refractivity (Wildman–Crippen MR) is 83.1 cm³/mol. The molecular weight excluding hydrogens is 290 g/mol. The molecule has 1 fully saturated rings. The SMILES string of the molecule is COc1cccc2c1nc(CCl)n2CCN1CCOCC1. The maximum atomic E-state index is 6.06. The van der Waals surface area contributed by atoms with Crippen molar-refractivity contribution in [2.45, 2.75) is 12.4 Å². The average molecular weight is 310 g/mol. The number of nitrogens with zero attached hydrogens (tertiary/aromatic N) is 3. The van der Waals surface area contributed by atoms with Gasteiger partial charge in [-0.05, 0) is 12.1 Å². The molecule has 3 rings (SSSR count). The monoisotopic (exact) mass is 309 g/mol. The summed E-state index contributed by atoms with van der Waals surface area (Å²) in [7, 11) is 1.67. The predicted octanol–water partition coefficient (Wildman–Crippen LogP) is 2.12. The molecule has 5 nitrogen and oxygen atoms in total. The highest BCUT2D eigenvalue weighted by molar-refractivity contribution is 6.16. The molecule has 0 radical (unpaired) electrons. The highest BCUT2D eigenvalue weighted by atomic mass is 35.5. The second kappa shape index (κ2) is 6.64. The lowest BCUT2D eigenvalue weighted by atomic mass is 10.3. The van der Waals surface area contributed by atoms with Gasteiger partial charge in [0.1, 0.15) is 17.1 Å². The molecule has 114 valence electrons. The standard InChI is InChI=1S/C15H20ClN3O2/c1-20-13-4-2-3-12-15(13)17-14(11-16)19(12)6-5-18-7-9-21-10-8-18/h2-4H,5-11H2,1H3. The Balaban J connectivity index is 1.85. The van der Waals surface area contributed by atoms with Gasteiger partial charge in [-0.25, -0.2) is 4.98 Å². The van der Waals surface area contributed by atoms with Crippen LogP contribution in [0.15, 0.2) is 18.2 Å². The Morgan fingerprint density at radius 2 is 2.10 bits per heavy atom. The van der Waals surface area contributed by atoms with E-state index in [0.717, 1.165) is 62.0 Å². The van der Waals surface area contributed by atoms with Crippen LogP contribution in [0.1, 0.15) is 5.82 Å². The van der Waals surface area contributed by atoms with E-state index < -0.39 is 0 Å². The first kappa shape index (κ1) is 14.6. The van der Waals surface area contributed by atoms with Gasteiger partial charge in [-0.3, -0.25) is 4.90 Å². The van der Waals surface area contributed by atoms with Gasteiger partial charge < -0.3 is 14.0 Å². The minimum Gasteiger partial charge on any atom is -0.494 e. The fraction of sp³-hybridized carbons (Fsp3) is 0.533. The van der Waals surface area contributed by atoms with Crippen LogP contribution < -0.4 is 4.74 Å². The quantitative estimate of drug-likeness (QED) is 0.793. The average Bonchev–Trinajstić information content (AvgIpc) is 2.91. The van der Waals surface area contributed by atoms with Crippen LogP contribution in [-0.2, 0) is 17.2 Å². The molecule has 6 heteroatoms. The molecule has 1 aliphatic rings. The summed E-state index contributed by atoms with van der Waals surface area (Å²) in [4.78, 5) is 7.04. The van der Waals surface area contributed by atoms with Gasteiger partial charge in [-0.2, -0.15) is 0 Å². The van der Waals surface area contributed by atoms with E-state index in [-0.39, 0.29) is 0 Å². The number of alkyl halides is 1. The van der Waals surface area contributed by atoms with Crippen LogP contribution in [0.5, 0.6) is 5.75 Å². The lowest BCUT2D eigenvalue weighted by Gasteiger charge is -2.26. The number of methoxy groups -OCH3 is 1. The number of aromatic nitrogens is 2. The third kappa shape index (κ3) is 3.00. The molecule has 0 saturated carbocycles. The number of ether oxygens (including phenoxy) is 2. The van der Waals surface area contributed by atoms with Crippen molar-refractivity contribution in [3.8, 4) is 5.75 Å². The van der Waals surface area contributed by atoms with Gasteiger partial charge in [-0.1, -0.05) is 6.07 Å². The number of hydrogen-bond donors (Lipinski definition) is 0. The topological polar surface area (TPSA) is 39.5 Å². The Labute approximate surface area is 129 Å². The van der Waals surface area contributed by atoms with Crippen molar-refractivity contribution < 1.29 is 9.47 Å². The fourth-order valence-electron chi connectivity index (χ4n) is 2.75. The number of para-hydroxylation sites is 1. The number of fused-ring (bicyclic) bond motifs is 1. The van der Waals surface area contributed by atoms with E-state index in [9.17, 15) is 0 Å². The lowest BCUT2D eigenvalue weighted by Crippen LogP contribution is -2.38. The summed E-state index contributed by atoms with van der Waals surface area (Å²) in [6, 6.07) is 5.99. The Bertz CT molecular complexity index is 608. The third-order valence-corrected chi connectivity index (χ3v) is 4.14. The number of rotatable bonds is 5. The van der Waals surface area contributed by atoms with Crippen molar-refractivity contribution in [2.75, 3.05) is 40.0 Å². The first-order chi connectivity index (χ1) is 10.3. The molecule has 0 aliphatic carbocycles. The number of imidazole rings is 1. The Morgan fingerprint density at radius 1 is 1.29 bits per heavy atom. The molecule has 0 atom stereocenters. The van der Waals surface area contributed by atoms with Gasteiger partial charge in [0.2, 0.25) is 0 Å². The molecule has 0 N–H and O–H groups in total. The smallest absolute Gasteiger partial charge is 0.146 e. The van der Waals surface area contributed by atoms with Crippen molar-refractivity contribution in [2.24, 2.45) is 0 Å². The van der Waals surface area contributed by atoms with Gasteiger partial charge >= 0.3 is 0 Å². The lowest BCUT2D eigenvalue weighted by molar-refractivity contribution is 0.0364. The van der Waals surface area contributed by atoms with E-state index in [1.54, 1.807) is 7.11 Å². The van der Waals surface area contributed by atoms with Crippen molar-refractivity contribution in [3.05, 3.63) is 24.0 Å². The first-order valence-corrected chi connectivity index (χ1v) is 7.75. The molecule has 21 heavy (non-hydrogen) atoms. The van der Waals surface area contributed by atoms with Crippen molar-refractivity contribution in [1.82, 2.24) is 14.5 Å². The van der Waals surface area contributed by atoms with Crippen LogP contribution in [0.2, 0.25) is 0 Å². The fourth-order valence-corrected chi connectivity index (χ4v) is 2.96. The van der Waals surface area contributed by atoms with Crippen LogP contribution in [0.3, 0.4) is 0 Å². The van der Waals surface area contributed by atoms with E-state index in [2.05, 4.69) is 20.5 Å². The molecule has 1 aromatic carbocycles. The maximum absolute atomic E-state index is 6.06. The van der Waals surface area contributed by atoms with Crippen molar-refractivity contribution in [1.29, 1.82) is 0 Å². The van der Waals surface area contributed by atoms with Crippen LogP contribution in [0.25, 0.3) is 11.0 Å². The van der Waals surface area contributed by atoms with Crippen molar-refractivity contribution >= 4 is 22.6 Å². The van der Waals surface area contributed by atoms with Gasteiger partial charge in [0.05, 0.1) is 31.7 Å². The molecule has 1 aliphatic heterocycles. The van der Waals surface area contributed by atoms with E-state index in [0.29, 0.717) is 5.88 Å². The maximum Gasteiger partial charge on any atom is 0.146 e. The largest absolute Gasteiger partial charge is 0.494 e. The van der Waals surface area contributed by atoms with Crippen molar-refractivity contribution in [3.63, 3.8) is 0 Å². The molecule has 0 unspecified atom stereocenters. The number of halogens is 1. The van der Waals surface area contributed by atoms with Crippen LogP contribution in [0, 0.1) is 0 Å². The van der Waals surface area contributed by atoms with Crippen LogP contribution in [-0.4, -0.2) is 54.4 Å². The van der Waals surface area contributed by atoms with Gasteiger partial charge in [0.15, 0.2) is 0 Å². The molecule has 0 spiro atoms. The van der Waals surface area contributed by atoms with E-state index in [1.165, 1.54) is 0 Å². The second-order valence-electron chi connectivity index (χ2n) is 5.10. The summed E-state index contributed by atoms with van der Waals surface area (Å²) < 4.78 is 13.0. The Hall–Kier alpha value is -1.30. The molecule has 1 aromatic heterocycles. The number of hydrogen-bond acceptors (Lipinski definition) is 4. The number of benzene rings is 1. The van der Waals surface area contributed by atoms with Gasteiger partial charge in [-0.15, -0.1) is 11.6 Å². The molecule has 1 saturated heterocycles. The zero-order valence-electron chi connectivity index (χ0n) is 12.2. The second-order valence-corrected chi connectivity index (χ2v) is 5.36. The Morgan fingerprint density at radius 3 is 2.81 bits per heavy atom. The summed E-state index contributed by atoms with van der Waals surface area (Å²) in [5.41, 5.74) is 1.97. The number of morpholine rings is 1. The van der Waals surface area contributed by atoms with Crippen LogP contribution in [0.4, 0.5) is 0 Å². The molecule has 2 heterocycles. The Kier molecular flexibility index (Phi) is 4.63. The molecular formula is C15H20ClN3O2.